The van der Waals surface area contributed by atoms with Gasteiger partial charge in [0.25, 0.3) is 0 Å². The van der Waals surface area contributed by atoms with Crippen molar-refractivity contribution in [3.8, 4) is 11.3 Å². The number of nitrogens with zero attached hydrogens (tertiary/aromatic N) is 2. The van der Waals surface area contributed by atoms with Gasteiger partial charge in [0.1, 0.15) is 5.03 Å². The van der Waals surface area contributed by atoms with E-state index in [0.29, 0.717) is 11.4 Å². The van der Waals surface area contributed by atoms with Crippen LogP contribution in [0.4, 0.5) is 29.3 Å². The average molecular weight is 418 g/mol. The fourth-order valence-corrected chi connectivity index (χ4v) is 3.14. The van der Waals surface area contributed by atoms with Crippen molar-refractivity contribution in [3.63, 3.8) is 0 Å². The Bertz CT molecular complexity index is 994. The molecule has 2 aromatic carbocycles. The van der Waals surface area contributed by atoms with E-state index in [0.717, 1.165) is 22.4 Å². The summed E-state index contributed by atoms with van der Waals surface area (Å²) in [5.41, 5.74) is 0.530. The number of urea groups is 1. The summed E-state index contributed by atoms with van der Waals surface area (Å²) in [5, 5.41) is 13.9. The molecule has 0 radical (unpaired) electrons. The lowest BCUT2D eigenvalue weighted by Gasteiger charge is -2.14. The molecule has 3 rings (SSSR count). The van der Waals surface area contributed by atoms with Crippen LogP contribution in [-0.2, 0) is 6.18 Å². The first-order chi connectivity index (χ1) is 13.9. The minimum atomic E-state index is -4.56. The van der Waals surface area contributed by atoms with Crippen molar-refractivity contribution in [1.29, 1.82) is 0 Å². The number of halogens is 3. The third kappa shape index (κ3) is 5.47. The minimum Gasteiger partial charge on any atom is -0.308 e. The maximum Gasteiger partial charge on any atom is 0.418 e. The van der Waals surface area contributed by atoms with Crippen LogP contribution in [0.3, 0.4) is 0 Å². The van der Waals surface area contributed by atoms with Gasteiger partial charge in [-0.15, -0.1) is 22.0 Å². The van der Waals surface area contributed by atoms with Gasteiger partial charge in [-0.3, -0.25) is 0 Å². The van der Waals surface area contributed by atoms with E-state index >= 15 is 0 Å². The second-order valence-electron chi connectivity index (χ2n) is 5.89. The van der Waals surface area contributed by atoms with E-state index in [-0.39, 0.29) is 5.69 Å². The molecule has 0 saturated carbocycles. The standard InChI is InChI=1S/C20H17F3N4OS/c1-2-29-18-11-10-16(26-27-18)13-6-5-7-14(12-13)24-19(28)25-17-9-4-3-8-15(17)20(21,22)23/h3-12H,2H2,1H3,(H2,24,25,28). The van der Waals surface area contributed by atoms with Crippen molar-refractivity contribution in [2.45, 2.75) is 18.1 Å². The Morgan fingerprint density at radius 3 is 2.48 bits per heavy atom. The number of anilines is 2. The number of nitrogens with one attached hydrogen (secondary N) is 2. The Labute approximate surface area is 169 Å². The zero-order valence-electron chi connectivity index (χ0n) is 15.3. The lowest BCUT2D eigenvalue weighted by atomic mass is 10.1. The zero-order chi connectivity index (χ0) is 20.9. The molecule has 0 aliphatic rings. The van der Waals surface area contributed by atoms with Gasteiger partial charge in [-0.25, -0.2) is 4.79 Å². The van der Waals surface area contributed by atoms with Crippen LogP contribution in [0.5, 0.6) is 0 Å². The molecule has 1 heterocycles. The number of benzene rings is 2. The molecule has 0 fully saturated rings. The SMILES string of the molecule is CCSc1ccc(-c2cccc(NC(=O)Nc3ccccc3C(F)(F)F)c2)nn1. The second kappa shape index (κ2) is 8.95. The molecule has 29 heavy (non-hydrogen) atoms. The molecule has 5 nitrogen and oxygen atoms in total. The number of rotatable bonds is 5. The van der Waals surface area contributed by atoms with E-state index in [9.17, 15) is 18.0 Å². The molecule has 0 unspecified atom stereocenters. The maximum atomic E-state index is 13.1. The Kier molecular flexibility index (Phi) is 6.38. The number of carbonyl (C=O) groups excluding carboxylic acids is 1. The molecule has 3 aromatic rings. The summed E-state index contributed by atoms with van der Waals surface area (Å²) in [6.07, 6.45) is -4.56. The molecule has 0 aliphatic carbocycles. The highest BCUT2D eigenvalue weighted by molar-refractivity contribution is 7.99. The quantitative estimate of drug-likeness (QED) is 0.505. The molecule has 2 amide bonds. The Morgan fingerprint density at radius 1 is 1.00 bits per heavy atom. The van der Waals surface area contributed by atoms with Crippen LogP contribution >= 0.6 is 11.8 Å². The number of para-hydroxylation sites is 1. The van der Waals surface area contributed by atoms with E-state index in [1.807, 2.05) is 19.1 Å². The van der Waals surface area contributed by atoms with Crippen molar-refractivity contribution in [2.24, 2.45) is 0 Å². The van der Waals surface area contributed by atoms with E-state index in [4.69, 9.17) is 0 Å². The number of aromatic nitrogens is 2. The number of alkyl halides is 3. The number of amides is 2. The van der Waals surface area contributed by atoms with Crippen LogP contribution in [0, 0.1) is 0 Å². The van der Waals surface area contributed by atoms with Crippen molar-refractivity contribution in [2.75, 3.05) is 16.4 Å². The van der Waals surface area contributed by atoms with Crippen LogP contribution in [-0.4, -0.2) is 22.0 Å². The molecule has 150 valence electrons. The maximum absolute atomic E-state index is 13.1. The van der Waals surface area contributed by atoms with Gasteiger partial charge in [0, 0.05) is 11.3 Å². The Morgan fingerprint density at radius 2 is 1.79 bits per heavy atom. The third-order valence-corrected chi connectivity index (χ3v) is 4.63. The van der Waals surface area contributed by atoms with E-state index in [1.165, 1.54) is 18.2 Å². The summed E-state index contributed by atoms with van der Waals surface area (Å²) in [6.45, 7) is 2.02. The van der Waals surface area contributed by atoms with Gasteiger partial charge < -0.3 is 10.6 Å². The summed E-state index contributed by atoms with van der Waals surface area (Å²) >= 11 is 1.58. The van der Waals surface area contributed by atoms with Gasteiger partial charge in [0.05, 0.1) is 16.9 Å². The molecule has 0 spiro atoms. The highest BCUT2D eigenvalue weighted by Gasteiger charge is 2.33. The van der Waals surface area contributed by atoms with Crippen molar-refractivity contribution in [1.82, 2.24) is 10.2 Å². The highest BCUT2D eigenvalue weighted by atomic mass is 32.2. The Hall–Kier alpha value is -3.07. The Balaban J connectivity index is 1.73. The second-order valence-corrected chi connectivity index (χ2v) is 7.18. The molecule has 9 heteroatoms. The summed E-state index contributed by atoms with van der Waals surface area (Å²) in [4.78, 5) is 12.2. The number of thioether (sulfide) groups is 1. The van der Waals surface area contributed by atoms with Crippen LogP contribution in [0.15, 0.2) is 65.7 Å². The lowest BCUT2D eigenvalue weighted by Crippen LogP contribution is -2.21. The van der Waals surface area contributed by atoms with Gasteiger partial charge in [0.15, 0.2) is 0 Å². The average Bonchev–Trinajstić information content (AvgIpc) is 2.68. The molecule has 0 aliphatic heterocycles. The molecule has 2 N–H and O–H groups in total. The summed E-state index contributed by atoms with van der Waals surface area (Å²) in [5.74, 6) is 0.889. The molecule has 0 atom stereocenters. The predicted molar refractivity (Wildman–Crippen MR) is 108 cm³/mol. The predicted octanol–water partition coefficient (Wildman–Crippen LogP) is 5.92. The molecule has 1 aromatic heterocycles. The van der Waals surface area contributed by atoms with Crippen LogP contribution in [0.2, 0.25) is 0 Å². The van der Waals surface area contributed by atoms with Crippen molar-refractivity contribution in [3.05, 3.63) is 66.2 Å². The van der Waals surface area contributed by atoms with Gasteiger partial charge >= 0.3 is 12.2 Å². The van der Waals surface area contributed by atoms with Gasteiger partial charge in [0.2, 0.25) is 0 Å². The fourth-order valence-electron chi connectivity index (χ4n) is 2.58. The topological polar surface area (TPSA) is 66.9 Å². The lowest BCUT2D eigenvalue weighted by molar-refractivity contribution is -0.136. The van der Waals surface area contributed by atoms with Crippen LogP contribution < -0.4 is 10.6 Å². The molecular formula is C20H17F3N4OS. The largest absolute Gasteiger partial charge is 0.418 e. The highest BCUT2D eigenvalue weighted by Crippen LogP contribution is 2.34. The van der Waals surface area contributed by atoms with Gasteiger partial charge in [-0.1, -0.05) is 31.2 Å². The monoisotopic (exact) mass is 418 g/mol. The molecular weight excluding hydrogens is 401 g/mol. The van der Waals surface area contributed by atoms with Crippen molar-refractivity contribution < 1.29 is 18.0 Å². The summed E-state index contributed by atoms with van der Waals surface area (Å²) in [7, 11) is 0. The normalized spacial score (nSPS) is 11.2. The van der Waals surface area contributed by atoms with Crippen molar-refractivity contribution >= 4 is 29.2 Å². The fraction of sp³-hybridized carbons (Fsp3) is 0.150. The van der Waals surface area contributed by atoms with Gasteiger partial charge in [-0.2, -0.15) is 13.2 Å². The zero-order valence-corrected chi connectivity index (χ0v) is 16.1. The summed E-state index contributed by atoms with van der Waals surface area (Å²) in [6, 6.07) is 14.5. The molecule has 0 saturated heterocycles. The summed E-state index contributed by atoms with van der Waals surface area (Å²) < 4.78 is 39.2. The smallest absolute Gasteiger partial charge is 0.308 e. The first-order valence-corrected chi connectivity index (χ1v) is 9.66. The van der Waals surface area contributed by atoms with E-state index in [1.54, 1.807) is 36.0 Å². The third-order valence-electron chi connectivity index (χ3n) is 3.83. The van der Waals surface area contributed by atoms with E-state index < -0.39 is 17.8 Å². The number of hydrogen-bond donors (Lipinski definition) is 2. The van der Waals surface area contributed by atoms with Gasteiger partial charge in [-0.05, 0) is 42.2 Å². The van der Waals surface area contributed by atoms with Crippen LogP contribution in [0.1, 0.15) is 12.5 Å². The first-order valence-electron chi connectivity index (χ1n) is 8.68. The number of carbonyl (C=O) groups is 1. The van der Waals surface area contributed by atoms with Crippen LogP contribution in [0.25, 0.3) is 11.3 Å². The molecule has 0 bridgehead atoms. The minimum absolute atomic E-state index is 0.316. The number of hydrogen-bond acceptors (Lipinski definition) is 4. The van der Waals surface area contributed by atoms with E-state index in [2.05, 4.69) is 20.8 Å². The first kappa shape index (κ1) is 20.7.